The predicted molar refractivity (Wildman–Crippen MR) is 74.7 cm³/mol. The zero-order valence-electron chi connectivity index (χ0n) is 10.7. The molecule has 0 aromatic heterocycles. The molecule has 2 aromatic carbocycles. The van der Waals surface area contributed by atoms with E-state index in [0.29, 0.717) is 6.10 Å². The molecule has 2 nitrogen and oxygen atoms in total. The quantitative estimate of drug-likeness (QED) is 0.871. The highest BCUT2D eigenvalue weighted by Crippen LogP contribution is 2.25. The Hall–Kier alpha value is -1.38. The normalized spacial score (nSPS) is 24.3. The Kier molecular flexibility index (Phi) is 3.31. The second-order valence-corrected chi connectivity index (χ2v) is 4.92. The molecule has 2 atom stereocenters. The highest BCUT2D eigenvalue weighted by atomic mass is 16.5. The third-order valence-corrected chi connectivity index (χ3v) is 3.66. The van der Waals surface area contributed by atoms with Crippen LogP contribution < -0.4 is 5.32 Å². The van der Waals surface area contributed by atoms with Crippen molar-refractivity contribution in [3.63, 3.8) is 0 Å². The van der Waals surface area contributed by atoms with Crippen LogP contribution in [0.3, 0.4) is 0 Å². The highest BCUT2D eigenvalue weighted by Gasteiger charge is 2.22. The zero-order chi connectivity index (χ0) is 12.4. The highest BCUT2D eigenvalue weighted by molar-refractivity contribution is 5.83. The fourth-order valence-corrected chi connectivity index (χ4v) is 2.55. The molecule has 1 fully saturated rings. The largest absolute Gasteiger partial charge is 0.368 e. The van der Waals surface area contributed by atoms with Crippen LogP contribution in [-0.4, -0.2) is 19.2 Å². The molecule has 1 saturated heterocycles. The number of hydrogen-bond donors (Lipinski definition) is 1. The number of morpholine rings is 1. The second-order valence-electron chi connectivity index (χ2n) is 4.92. The SMILES string of the molecule is CCC1CNCC(c2ccc3ccccc3c2)O1. The van der Waals surface area contributed by atoms with Crippen LogP contribution in [0.25, 0.3) is 10.8 Å². The van der Waals surface area contributed by atoms with Crippen LogP contribution in [-0.2, 0) is 4.74 Å². The third-order valence-electron chi connectivity index (χ3n) is 3.66. The standard InChI is InChI=1S/C16H19NO/c1-2-15-10-17-11-16(18-15)14-8-7-12-5-3-4-6-13(12)9-14/h3-9,15-17H,2,10-11H2,1H3. The van der Waals surface area contributed by atoms with E-state index in [9.17, 15) is 0 Å². The van der Waals surface area contributed by atoms with Crippen LogP contribution in [0.4, 0.5) is 0 Å². The van der Waals surface area contributed by atoms with Gasteiger partial charge in [-0.3, -0.25) is 0 Å². The van der Waals surface area contributed by atoms with Crippen molar-refractivity contribution < 1.29 is 4.74 Å². The summed E-state index contributed by atoms with van der Waals surface area (Å²) in [5.74, 6) is 0. The molecule has 0 bridgehead atoms. The molecule has 18 heavy (non-hydrogen) atoms. The fourth-order valence-electron chi connectivity index (χ4n) is 2.55. The van der Waals surface area contributed by atoms with Crippen LogP contribution in [0, 0.1) is 0 Å². The van der Waals surface area contributed by atoms with Gasteiger partial charge in [0.2, 0.25) is 0 Å². The molecule has 1 aliphatic rings. The van der Waals surface area contributed by atoms with Crippen molar-refractivity contribution in [2.45, 2.75) is 25.6 Å². The van der Waals surface area contributed by atoms with Gasteiger partial charge in [-0.15, -0.1) is 0 Å². The van der Waals surface area contributed by atoms with Crippen molar-refractivity contribution in [3.05, 3.63) is 48.0 Å². The van der Waals surface area contributed by atoms with E-state index in [1.807, 2.05) is 0 Å². The predicted octanol–water partition coefficient (Wildman–Crippen LogP) is 3.28. The third kappa shape index (κ3) is 2.26. The van der Waals surface area contributed by atoms with E-state index >= 15 is 0 Å². The van der Waals surface area contributed by atoms with Gasteiger partial charge in [-0.25, -0.2) is 0 Å². The molecular weight excluding hydrogens is 222 g/mol. The first-order chi connectivity index (χ1) is 8.86. The van der Waals surface area contributed by atoms with Gasteiger partial charge in [-0.1, -0.05) is 43.3 Å². The Labute approximate surface area is 108 Å². The smallest absolute Gasteiger partial charge is 0.0953 e. The average Bonchev–Trinajstić information content (AvgIpc) is 2.47. The van der Waals surface area contributed by atoms with Gasteiger partial charge >= 0.3 is 0 Å². The Balaban J connectivity index is 1.89. The lowest BCUT2D eigenvalue weighted by Gasteiger charge is -2.30. The molecule has 0 radical (unpaired) electrons. The van der Waals surface area contributed by atoms with E-state index in [-0.39, 0.29) is 6.10 Å². The molecular formula is C16H19NO. The van der Waals surface area contributed by atoms with E-state index in [1.165, 1.54) is 16.3 Å². The van der Waals surface area contributed by atoms with E-state index < -0.39 is 0 Å². The van der Waals surface area contributed by atoms with Gasteiger partial charge in [-0.2, -0.15) is 0 Å². The summed E-state index contributed by atoms with van der Waals surface area (Å²) in [6, 6.07) is 15.1. The first-order valence-corrected chi connectivity index (χ1v) is 6.71. The minimum absolute atomic E-state index is 0.188. The minimum atomic E-state index is 0.188. The van der Waals surface area contributed by atoms with E-state index in [2.05, 4.69) is 54.7 Å². The van der Waals surface area contributed by atoms with Crippen molar-refractivity contribution in [1.29, 1.82) is 0 Å². The molecule has 1 aliphatic heterocycles. The van der Waals surface area contributed by atoms with Gasteiger partial charge < -0.3 is 10.1 Å². The molecule has 0 saturated carbocycles. The topological polar surface area (TPSA) is 21.3 Å². The van der Waals surface area contributed by atoms with Crippen molar-refractivity contribution in [1.82, 2.24) is 5.32 Å². The maximum atomic E-state index is 6.11. The van der Waals surface area contributed by atoms with Crippen molar-refractivity contribution in [2.24, 2.45) is 0 Å². The van der Waals surface area contributed by atoms with Crippen molar-refractivity contribution >= 4 is 10.8 Å². The summed E-state index contributed by atoms with van der Waals surface area (Å²) in [5.41, 5.74) is 1.28. The molecule has 2 heteroatoms. The molecule has 0 amide bonds. The van der Waals surface area contributed by atoms with Crippen LogP contribution in [0.15, 0.2) is 42.5 Å². The van der Waals surface area contributed by atoms with Crippen LogP contribution in [0.1, 0.15) is 25.0 Å². The molecule has 94 valence electrons. The maximum absolute atomic E-state index is 6.11. The van der Waals surface area contributed by atoms with Crippen LogP contribution in [0.2, 0.25) is 0 Å². The van der Waals surface area contributed by atoms with Crippen LogP contribution >= 0.6 is 0 Å². The van der Waals surface area contributed by atoms with Gasteiger partial charge in [-0.05, 0) is 28.8 Å². The summed E-state index contributed by atoms with van der Waals surface area (Å²) in [5, 5.41) is 6.04. The average molecular weight is 241 g/mol. The number of rotatable bonds is 2. The lowest BCUT2D eigenvalue weighted by Crippen LogP contribution is -2.40. The summed E-state index contributed by atoms with van der Waals surface area (Å²) in [7, 11) is 0. The zero-order valence-corrected chi connectivity index (χ0v) is 10.7. The number of ether oxygens (including phenoxy) is 1. The van der Waals surface area contributed by atoms with Gasteiger partial charge in [0.25, 0.3) is 0 Å². The first-order valence-electron chi connectivity index (χ1n) is 6.71. The molecule has 2 aromatic rings. The minimum Gasteiger partial charge on any atom is -0.368 e. The van der Waals surface area contributed by atoms with Crippen LogP contribution in [0.5, 0.6) is 0 Å². The van der Waals surface area contributed by atoms with Gasteiger partial charge in [0.15, 0.2) is 0 Å². The summed E-state index contributed by atoms with van der Waals surface area (Å²) in [6.45, 7) is 4.06. The summed E-state index contributed by atoms with van der Waals surface area (Å²) in [4.78, 5) is 0. The summed E-state index contributed by atoms with van der Waals surface area (Å²) < 4.78 is 6.11. The molecule has 0 aliphatic carbocycles. The Morgan fingerprint density at radius 1 is 1.11 bits per heavy atom. The van der Waals surface area contributed by atoms with Gasteiger partial charge in [0.05, 0.1) is 12.2 Å². The van der Waals surface area contributed by atoms with Crippen molar-refractivity contribution in [3.8, 4) is 0 Å². The summed E-state index contributed by atoms with van der Waals surface area (Å²) in [6.07, 6.45) is 1.60. The van der Waals surface area contributed by atoms with Crippen molar-refractivity contribution in [2.75, 3.05) is 13.1 Å². The Morgan fingerprint density at radius 2 is 1.94 bits per heavy atom. The number of hydrogen-bond acceptors (Lipinski definition) is 2. The number of benzene rings is 2. The maximum Gasteiger partial charge on any atom is 0.0953 e. The molecule has 0 spiro atoms. The van der Waals surface area contributed by atoms with E-state index in [1.54, 1.807) is 0 Å². The van der Waals surface area contributed by atoms with E-state index in [4.69, 9.17) is 4.74 Å². The molecule has 2 unspecified atom stereocenters. The first kappa shape index (κ1) is 11.7. The number of nitrogens with one attached hydrogen (secondary N) is 1. The fraction of sp³-hybridized carbons (Fsp3) is 0.375. The Bertz CT molecular complexity index is 537. The molecule has 1 N–H and O–H groups in total. The van der Waals surface area contributed by atoms with Gasteiger partial charge in [0, 0.05) is 13.1 Å². The molecule has 3 rings (SSSR count). The Morgan fingerprint density at radius 3 is 2.78 bits per heavy atom. The second kappa shape index (κ2) is 5.09. The lowest BCUT2D eigenvalue weighted by atomic mass is 10.0. The summed E-state index contributed by atoms with van der Waals surface area (Å²) >= 11 is 0. The lowest BCUT2D eigenvalue weighted by molar-refractivity contribution is -0.0399. The monoisotopic (exact) mass is 241 g/mol. The molecule has 1 heterocycles. The number of fused-ring (bicyclic) bond motifs is 1. The van der Waals surface area contributed by atoms with Gasteiger partial charge in [0.1, 0.15) is 0 Å². The van der Waals surface area contributed by atoms with E-state index in [0.717, 1.165) is 19.5 Å².